The molecule has 1 aliphatic rings. The Kier molecular flexibility index (Phi) is 4.72. The predicted molar refractivity (Wildman–Crippen MR) is 82.7 cm³/mol. The van der Waals surface area contributed by atoms with Gasteiger partial charge in [-0.25, -0.2) is 13.1 Å². The van der Waals surface area contributed by atoms with E-state index in [2.05, 4.69) is 10.0 Å². The Morgan fingerprint density at radius 1 is 1.43 bits per heavy atom. The lowest BCUT2D eigenvalue weighted by Crippen LogP contribution is -2.50. The zero-order valence-corrected chi connectivity index (χ0v) is 13.9. The fourth-order valence-electron chi connectivity index (χ4n) is 2.58. The van der Waals surface area contributed by atoms with Gasteiger partial charge < -0.3 is 10.1 Å². The number of benzene rings is 1. The Hall–Kier alpha value is -0.950. The maximum Gasteiger partial charge on any atom is 0.241 e. The third kappa shape index (κ3) is 3.45. The molecule has 2 unspecified atom stereocenters. The quantitative estimate of drug-likeness (QED) is 0.866. The van der Waals surface area contributed by atoms with E-state index in [9.17, 15) is 8.42 Å². The second kappa shape index (κ2) is 6.04. The Morgan fingerprint density at radius 3 is 2.71 bits per heavy atom. The SMILES string of the molecule is CNCc1ccc(C)c(S(=O)(=O)NC2(C)CCOC2C)c1. The van der Waals surface area contributed by atoms with Crippen LogP contribution in [0.15, 0.2) is 23.1 Å². The van der Waals surface area contributed by atoms with Gasteiger partial charge in [-0.05, 0) is 51.4 Å². The highest BCUT2D eigenvalue weighted by Gasteiger charge is 2.40. The Bertz CT molecular complexity index is 615. The van der Waals surface area contributed by atoms with E-state index in [-0.39, 0.29) is 6.10 Å². The Balaban J connectivity index is 2.33. The fourth-order valence-corrected chi connectivity index (χ4v) is 4.37. The zero-order valence-electron chi connectivity index (χ0n) is 13.1. The number of nitrogens with one attached hydrogen (secondary N) is 2. The van der Waals surface area contributed by atoms with E-state index in [1.54, 1.807) is 6.07 Å². The molecule has 2 N–H and O–H groups in total. The van der Waals surface area contributed by atoms with Crippen molar-refractivity contribution in [1.82, 2.24) is 10.0 Å². The molecular formula is C15H24N2O3S. The summed E-state index contributed by atoms with van der Waals surface area (Å²) in [6.45, 7) is 6.84. The van der Waals surface area contributed by atoms with Crippen molar-refractivity contribution < 1.29 is 13.2 Å². The molecular weight excluding hydrogens is 288 g/mol. The number of aryl methyl sites for hydroxylation is 1. The normalized spacial score (nSPS) is 26.2. The van der Waals surface area contributed by atoms with E-state index < -0.39 is 15.6 Å². The molecule has 1 aromatic carbocycles. The van der Waals surface area contributed by atoms with Gasteiger partial charge in [0, 0.05) is 13.2 Å². The van der Waals surface area contributed by atoms with E-state index in [4.69, 9.17) is 4.74 Å². The highest BCUT2D eigenvalue weighted by molar-refractivity contribution is 7.89. The lowest BCUT2D eigenvalue weighted by Gasteiger charge is -2.28. The third-order valence-electron chi connectivity index (χ3n) is 4.18. The average Bonchev–Trinajstić information content (AvgIpc) is 2.71. The van der Waals surface area contributed by atoms with Crippen molar-refractivity contribution in [2.75, 3.05) is 13.7 Å². The molecule has 0 bridgehead atoms. The first-order chi connectivity index (χ1) is 9.78. The van der Waals surface area contributed by atoms with Gasteiger partial charge in [-0.3, -0.25) is 0 Å². The topological polar surface area (TPSA) is 67.4 Å². The van der Waals surface area contributed by atoms with Gasteiger partial charge in [0.1, 0.15) is 0 Å². The van der Waals surface area contributed by atoms with Crippen LogP contribution < -0.4 is 10.0 Å². The molecule has 2 atom stereocenters. The minimum atomic E-state index is -3.56. The molecule has 1 aliphatic heterocycles. The van der Waals surface area contributed by atoms with Gasteiger partial charge in [0.15, 0.2) is 0 Å². The van der Waals surface area contributed by atoms with Crippen molar-refractivity contribution in [2.45, 2.75) is 50.3 Å². The van der Waals surface area contributed by atoms with Crippen molar-refractivity contribution in [2.24, 2.45) is 0 Å². The number of ether oxygens (including phenoxy) is 1. The number of sulfonamides is 1. The second-order valence-corrected chi connectivity index (χ2v) is 7.57. The monoisotopic (exact) mass is 312 g/mol. The summed E-state index contributed by atoms with van der Waals surface area (Å²) in [7, 11) is -1.73. The molecule has 6 heteroatoms. The van der Waals surface area contributed by atoms with Crippen LogP contribution in [0.5, 0.6) is 0 Å². The average molecular weight is 312 g/mol. The predicted octanol–water partition coefficient (Wildman–Crippen LogP) is 1.56. The summed E-state index contributed by atoms with van der Waals surface area (Å²) in [6, 6.07) is 5.52. The van der Waals surface area contributed by atoms with Crippen LogP contribution in [0.25, 0.3) is 0 Å². The van der Waals surface area contributed by atoms with Crippen LogP contribution in [-0.4, -0.2) is 33.7 Å². The van der Waals surface area contributed by atoms with Crippen molar-refractivity contribution in [3.8, 4) is 0 Å². The minimum absolute atomic E-state index is 0.131. The first-order valence-electron chi connectivity index (χ1n) is 7.18. The third-order valence-corrected chi connectivity index (χ3v) is 5.93. The summed E-state index contributed by atoms with van der Waals surface area (Å²) >= 11 is 0. The highest BCUT2D eigenvalue weighted by Crippen LogP contribution is 2.28. The second-order valence-electron chi connectivity index (χ2n) is 5.92. The molecule has 5 nitrogen and oxygen atoms in total. The highest BCUT2D eigenvalue weighted by atomic mass is 32.2. The van der Waals surface area contributed by atoms with Gasteiger partial charge in [0.05, 0.1) is 16.5 Å². The van der Waals surface area contributed by atoms with Crippen LogP contribution in [0, 0.1) is 6.92 Å². The van der Waals surface area contributed by atoms with Gasteiger partial charge in [0.2, 0.25) is 10.0 Å². The van der Waals surface area contributed by atoms with Gasteiger partial charge in [-0.15, -0.1) is 0 Å². The Morgan fingerprint density at radius 2 is 2.14 bits per heavy atom. The summed E-state index contributed by atoms with van der Waals surface area (Å²) in [5.74, 6) is 0. The molecule has 0 spiro atoms. The summed E-state index contributed by atoms with van der Waals surface area (Å²) in [4.78, 5) is 0.343. The first kappa shape index (κ1) is 16.4. The molecule has 21 heavy (non-hydrogen) atoms. The molecule has 1 fully saturated rings. The van der Waals surface area contributed by atoms with E-state index in [0.717, 1.165) is 11.1 Å². The Labute approximate surface area is 127 Å². The van der Waals surface area contributed by atoms with Crippen molar-refractivity contribution >= 4 is 10.0 Å². The summed E-state index contributed by atoms with van der Waals surface area (Å²) < 4.78 is 33.8. The standard InChI is InChI=1S/C15H24N2O3S/c1-11-5-6-13(10-16-4)9-14(11)21(18,19)17-15(3)7-8-20-12(15)2/h5-6,9,12,16-17H,7-8,10H2,1-4H3. The van der Waals surface area contributed by atoms with E-state index in [0.29, 0.717) is 24.5 Å². The smallest absolute Gasteiger partial charge is 0.241 e. The number of hydrogen-bond acceptors (Lipinski definition) is 4. The first-order valence-corrected chi connectivity index (χ1v) is 8.66. The zero-order chi connectivity index (χ0) is 15.7. The number of hydrogen-bond donors (Lipinski definition) is 2. The van der Waals surface area contributed by atoms with Crippen molar-refractivity contribution in [3.63, 3.8) is 0 Å². The summed E-state index contributed by atoms with van der Waals surface area (Å²) in [5, 5.41) is 3.03. The summed E-state index contributed by atoms with van der Waals surface area (Å²) in [6.07, 6.45) is 0.552. The molecule has 1 heterocycles. The molecule has 118 valence electrons. The van der Waals surface area contributed by atoms with E-state index in [1.165, 1.54) is 0 Å². The molecule has 0 radical (unpaired) electrons. The van der Waals surface area contributed by atoms with E-state index >= 15 is 0 Å². The lowest BCUT2D eigenvalue weighted by molar-refractivity contribution is 0.0957. The van der Waals surface area contributed by atoms with Crippen LogP contribution in [-0.2, 0) is 21.3 Å². The number of rotatable bonds is 5. The van der Waals surface area contributed by atoms with Crippen LogP contribution >= 0.6 is 0 Å². The molecule has 0 aliphatic carbocycles. The fraction of sp³-hybridized carbons (Fsp3) is 0.600. The molecule has 0 saturated carbocycles. The van der Waals surface area contributed by atoms with Gasteiger partial charge in [-0.1, -0.05) is 12.1 Å². The van der Waals surface area contributed by atoms with Gasteiger partial charge in [-0.2, -0.15) is 0 Å². The minimum Gasteiger partial charge on any atom is -0.376 e. The molecule has 1 saturated heterocycles. The van der Waals surface area contributed by atoms with Crippen molar-refractivity contribution in [1.29, 1.82) is 0 Å². The van der Waals surface area contributed by atoms with Gasteiger partial charge in [0.25, 0.3) is 0 Å². The van der Waals surface area contributed by atoms with Gasteiger partial charge >= 0.3 is 0 Å². The van der Waals surface area contributed by atoms with Crippen LogP contribution in [0.2, 0.25) is 0 Å². The van der Waals surface area contributed by atoms with Crippen LogP contribution in [0.4, 0.5) is 0 Å². The molecule has 0 amide bonds. The van der Waals surface area contributed by atoms with E-state index in [1.807, 2.05) is 40.0 Å². The van der Waals surface area contributed by atoms with Crippen LogP contribution in [0.3, 0.4) is 0 Å². The van der Waals surface area contributed by atoms with Crippen molar-refractivity contribution in [3.05, 3.63) is 29.3 Å². The lowest BCUT2D eigenvalue weighted by atomic mass is 9.97. The largest absolute Gasteiger partial charge is 0.376 e. The maximum atomic E-state index is 12.7. The van der Waals surface area contributed by atoms with Crippen LogP contribution in [0.1, 0.15) is 31.4 Å². The molecule has 1 aromatic rings. The maximum absolute atomic E-state index is 12.7. The molecule has 2 rings (SSSR count). The molecule has 0 aromatic heterocycles. The summed E-state index contributed by atoms with van der Waals surface area (Å²) in [5.41, 5.74) is 1.14.